The zero-order chi connectivity index (χ0) is 11.1. The van der Waals surface area contributed by atoms with Gasteiger partial charge in [-0.1, -0.05) is 0 Å². The van der Waals surface area contributed by atoms with E-state index in [1.54, 1.807) is 13.8 Å². The van der Waals surface area contributed by atoms with Crippen molar-refractivity contribution in [2.24, 2.45) is 0 Å². The topological polar surface area (TPSA) is 0 Å². The molecule has 0 heterocycles. The summed E-state index contributed by atoms with van der Waals surface area (Å²) in [6.45, 7) is 10.0. The van der Waals surface area contributed by atoms with Crippen LogP contribution in [0.3, 0.4) is 0 Å². The van der Waals surface area contributed by atoms with Gasteiger partial charge in [0.25, 0.3) is 0 Å². The Morgan fingerprint density at radius 3 is 0.533 bits per heavy atom. The third kappa shape index (κ3) is 20.7. The predicted octanol–water partition coefficient (Wildman–Crippen LogP) is 3.72. The van der Waals surface area contributed by atoms with E-state index in [9.17, 15) is 0 Å². The van der Waals surface area contributed by atoms with Crippen molar-refractivity contribution in [1.82, 2.24) is 0 Å². The van der Waals surface area contributed by atoms with E-state index >= 15 is 0 Å². The van der Waals surface area contributed by atoms with Crippen molar-refractivity contribution < 1.29 is 21.7 Å². The second-order valence-corrected chi connectivity index (χ2v) is 1.92. The molecule has 0 N–H and O–H groups in total. The number of rotatable bonds is 0. The molecule has 0 spiro atoms. The Bertz CT molecular complexity index is 38.5. The molecule has 0 aromatic carbocycles. The average Bonchev–Trinajstić information content (AvgIpc) is 3.01. The first-order valence-electron chi connectivity index (χ1n) is 4.75. The van der Waals surface area contributed by atoms with Gasteiger partial charge in [0.2, 0.25) is 0 Å². The van der Waals surface area contributed by atoms with Gasteiger partial charge in [-0.25, -0.2) is 0 Å². The third-order valence-corrected chi connectivity index (χ3v) is 1.11. The second-order valence-electron chi connectivity index (χ2n) is 1.92. The van der Waals surface area contributed by atoms with Crippen LogP contribution >= 0.6 is 0 Å². The molecule has 0 amide bonds. The molecule has 15 heavy (non-hydrogen) atoms. The van der Waals surface area contributed by atoms with Crippen molar-refractivity contribution >= 4 is 0 Å². The predicted molar refractivity (Wildman–Crippen MR) is 65.1 cm³/mol. The molecule has 0 bridgehead atoms. The van der Waals surface area contributed by atoms with E-state index in [1.165, 1.54) is 0 Å². The van der Waals surface area contributed by atoms with Crippen molar-refractivity contribution in [1.29, 1.82) is 0 Å². The van der Waals surface area contributed by atoms with Crippen LogP contribution in [0.4, 0.5) is 0 Å². The van der Waals surface area contributed by atoms with Crippen molar-refractivity contribution in [2.75, 3.05) is 0 Å². The molecule has 0 aromatic rings. The van der Waals surface area contributed by atoms with Crippen LogP contribution in [0.2, 0.25) is 0 Å². The molecule has 2 saturated carbocycles. The van der Waals surface area contributed by atoms with Crippen molar-refractivity contribution in [2.45, 2.75) is 13.8 Å². The minimum absolute atomic E-state index is 0. The molecule has 1 heteroatoms. The molecule has 0 aliphatic heterocycles. The van der Waals surface area contributed by atoms with Gasteiger partial charge in [0.1, 0.15) is 0 Å². The maximum absolute atomic E-state index is 3.25. The van der Waals surface area contributed by atoms with Crippen LogP contribution in [0.5, 0.6) is 0 Å². The molecule has 2 rings (SSSR count). The Labute approximate surface area is 113 Å². The fourth-order valence-electron chi connectivity index (χ4n) is 0.642. The van der Waals surface area contributed by atoms with E-state index in [0.717, 1.165) is 0 Å². The van der Waals surface area contributed by atoms with Crippen LogP contribution in [-0.2, 0) is 21.7 Å². The summed E-state index contributed by atoms with van der Waals surface area (Å²) in [6, 6.07) is 0. The summed E-state index contributed by atoms with van der Waals surface area (Å²) in [5, 5.41) is 0. The number of hydrogen-bond donors (Lipinski definition) is 0. The fourth-order valence-corrected chi connectivity index (χ4v) is 0.642. The summed E-state index contributed by atoms with van der Waals surface area (Å²) in [6.07, 6.45) is 20.0. The third-order valence-electron chi connectivity index (χ3n) is 1.11. The minimum atomic E-state index is 0. The molecule has 0 unspecified atom stereocenters. The molecule has 0 aromatic heterocycles. The van der Waals surface area contributed by atoms with Crippen LogP contribution in [-0.4, -0.2) is 0 Å². The Balaban J connectivity index is -0.000000138. The van der Waals surface area contributed by atoms with Gasteiger partial charge in [0, 0.05) is 0 Å². The summed E-state index contributed by atoms with van der Waals surface area (Å²) >= 11 is 0. The average molecular weight is 236 g/mol. The van der Waals surface area contributed by atoms with Crippen LogP contribution in [0.15, 0.2) is 0 Å². The van der Waals surface area contributed by atoms with E-state index in [-0.39, 0.29) is 21.7 Å². The standard InChI is InChI=1S/2C5H5.2C2H5.Ti/c2*1-2-4-5-3-1;2*1-2;/h2*1-5H;2*1H2,2H3;/q;;2*-1;+3. The van der Waals surface area contributed by atoms with Crippen LogP contribution in [0.25, 0.3) is 0 Å². The van der Waals surface area contributed by atoms with Crippen LogP contribution in [0, 0.1) is 78.1 Å². The molecule has 0 nitrogen and oxygen atoms in total. The Hall–Kier alpha value is 0.714. The van der Waals surface area contributed by atoms with E-state index in [1.807, 2.05) is 64.2 Å². The zero-order valence-corrected chi connectivity index (χ0v) is 11.2. The van der Waals surface area contributed by atoms with Gasteiger partial charge in [0.05, 0.1) is 0 Å². The molecular formula is C14H20Ti+. The maximum atomic E-state index is 3.25. The largest absolute Gasteiger partial charge is 3.00 e. The first-order valence-corrected chi connectivity index (χ1v) is 4.75. The molecule has 2 aliphatic carbocycles. The van der Waals surface area contributed by atoms with E-state index in [0.29, 0.717) is 0 Å². The smallest absolute Gasteiger partial charge is 0.346 e. The summed E-state index contributed by atoms with van der Waals surface area (Å²) in [7, 11) is 0. The molecule has 0 saturated heterocycles. The molecule has 2 aliphatic rings. The zero-order valence-electron chi connectivity index (χ0n) is 9.69. The van der Waals surface area contributed by atoms with Crippen molar-refractivity contribution in [3.05, 3.63) is 78.1 Å². The fraction of sp³-hybridized carbons (Fsp3) is 0.143. The number of hydrogen-bond acceptors (Lipinski definition) is 0. The summed E-state index contributed by atoms with van der Waals surface area (Å²) in [5.74, 6) is 0. The van der Waals surface area contributed by atoms with Gasteiger partial charge in [-0.05, 0) is 64.2 Å². The Morgan fingerprint density at radius 1 is 0.400 bits per heavy atom. The van der Waals surface area contributed by atoms with Gasteiger partial charge in [-0.3, -0.25) is 0 Å². The van der Waals surface area contributed by atoms with E-state index < -0.39 is 0 Å². The molecule has 11 radical (unpaired) electrons. The minimum Gasteiger partial charge on any atom is -0.346 e. The molecule has 2 fully saturated rings. The summed E-state index contributed by atoms with van der Waals surface area (Å²) < 4.78 is 0. The normalized spacial score (nSPS) is 16.8. The first kappa shape index (κ1) is 21.0. The van der Waals surface area contributed by atoms with Gasteiger partial charge < -0.3 is 13.8 Å². The van der Waals surface area contributed by atoms with Gasteiger partial charge in [0.15, 0.2) is 0 Å². The SMILES string of the molecule is [CH2-]C.[CH2-]C.[CH]1[CH][CH][CH][CH]1.[CH]1[CH][CH][CH][CH]1.[Ti+3]. The van der Waals surface area contributed by atoms with Crippen LogP contribution < -0.4 is 0 Å². The van der Waals surface area contributed by atoms with Crippen LogP contribution in [0.1, 0.15) is 13.8 Å². The van der Waals surface area contributed by atoms with Gasteiger partial charge >= 0.3 is 21.7 Å². The first-order chi connectivity index (χ1) is 7.00. The molecular weight excluding hydrogens is 216 g/mol. The summed E-state index contributed by atoms with van der Waals surface area (Å²) in [5.41, 5.74) is 0. The molecule has 0 atom stereocenters. The second kappa shape index (κ2) is 24.1. The van der Waals surface area contributed by atoms with Crippen molar-refractivity contribution in [3.63, 3.8) is 0 Å². The monoisotopic (exact) mass is 236 g/mol. The van der Waals surface area contributed by atoms with E-state index in [4.69, 9.17) is 0 Å². The van der Waals surface area contributed by atoms with Crippen molar-refractivity contribution in [3.8, 4) is 0 Å². The van der Waals surface area contributed by atoms with E-state index in [2.05, 4.69) is 13.8 Å². The Morgan fingerprint density at radius 2 is 0.467 bits per heavy atom. The Kier molecular flexibility index (Phi) is 33.8. The quantitative estimate of drug-likeness (QED) is 0.444. The summed E-state index contributed by atoms with van der Waals surface area (Å²) in [4.78, 5) is 0. The van der Waals surface area contributed by atoms with Gasteiger partial charge in [-0.2, -0.15) is 13.8 Å². The molecule has 79 valence electrons. The maximum Gasteiger partial charge on any atom is 3.00 e. The van der Waals surface area contributed by atoms with Gasteiger partial charge in [-0.15, -0.1) is 0 Å².